The van der Waals surface area contributed by atoms with Gasteiger partial charge in [-0.25, -0.2) is 4.39 Å². The SMILES string of the molecule is CC(C)c1c(N)c(-c2ccccc2)c(-c2ccc(F)cc2)n1CCC(O)CC(O)CC(N)=O.Nc1ccccc1. The minimum atomic E-state index is -0.992. The van der Waals surface area contributed by atoms with Gasteiger partial charge in [0.2, 0.25) is 5.91 Å². The number of aliphatic hydroxyl groups is 2. The number of carbonyl (C=O) groups is 1. The molecule has 1 aromatic heterocycles. The molecule has 0 bridgehead atoms. The quantitative estimate of drug-likeness (QED) is 0.171. The summed E-state index contributed by atoms with van der Waals surface area (Å²) in [6.07, 6.45) is -1.62. The molecule has 0 fully saturated rings. The van der Waals surface area contributed by atoms with Gasteiger partial charge in [-0.1, -0.05) is 62.4 Å². The Morgan fingerprint density at radius 2 is 1.43 bits per heavy atom. The lowest BCUT2D eigenvalue weighted by Crippen LogP contribution is -2.25. The number of hydrogen-bond donors (Lipinski definition) is 5. The predicted octanol–water partition coefficient (Wildman–Crippen LogP) is 5.31. The zero-order valence-electron chi connectivity index (χ0n) is 23.0. The van der Waals surface area contributed by atoms with Crippen molar-refractivity contribution in [2.45, 2.75) is 57.8 Å². The van der Waals surface area contributed by atoms with Crippen LogP contribution in [0.25, 0.3) is 22.4 Å². The van der Waals surface area contributed by atoms with Crippen LogP contribution in [-0.2, 0) is 11.3 Å². The van der Waals surface area contributed by atoms with E-state index in [1.807, 2.05) is 60.7 Å². The number of nitrogen functional groups attached to an aromatic ring is 2. The summed E-state index contributed by atoms with van der Waals surface area (Å²) >= 11 is 0. The zero-order chi connectivity index (χ0) is 29.2. The Morgan fingerprint density at radius 3 is 1.93 bits per heavy atom. The minimum Gasteiger partial charge on any atom is -0.399 e. The van der Waals surface area contributed by atoms with Crippen LogP contribution in [0.15, 0.2) is 84.9 Å². The van der Waals surface area contributed by atoms with Gasteiger partial charge >= 0.3 is 0 Å². The molecule has 0 aliphatic rings. The molecule has 0 aliphatic carbocycles. The number of halogens is 1. The van der Waals surface area contributed by atoms with Crippen molar-refractivity contribution in [3.05, 3.63) is 96.4 Å². The van der Waals surface area contributed by atoms with Gasteiger partial charge in [0.1, 0.15) is 5.82 Å². The van der Waals surface area contributed by atoms with Crippen LogP contribution in [0.1, 0.15) is 44.7 Å². The number of anilines is 2. The van der Waals surface area contributed by atoms with Crippen LogP contribution < -0.4 is 17.2 Å². The highest BCUT2D eigenvalue weighted by Crippen LogP contribution is 2.43. The molecule has 3 aromatic carbocycles. The first-order chi connectivity index (χ1) is 19.1. The van der Waals surface area contributed by atoms with Gasteiger partial charge in [-0.15, -0.1) is 0 Å². The Bertz CT molecular complexity index is 1360. The normalized spacial score (nSPS) is 12.4. The van der Waals surface area contributed by atoms with E-state index in [-0.39, 0.29) is 24.6 Å². The highest BCUT2D eigenvalue weighted by atomic mass is 19.1. The highest BCUT2D eigenvalue weighted by molar-refractivity contribution is 5.92. The van der Waals surface area contributed by atoms with Crippen molar-refractivity contribution in [2.24, 2.45) is 5.73 Å². The smallest absolute Gasteiger partial charge is 0.220 e. The molecule has 4 rings (SSSR count). The standard InChI is InChI=1S/C26H32FN3O3.C6H7N/c1-16(2)25-24(29)23(17-6-4-3-5-7-17)26(18-8-10-19(27)11-9-18)30(25)13-12-20(31)14-21(32)15-22(28)33;7-6-4-2-1-3-5-6/h3-11,16,20-21,31-32H,12-15,29H2,1-2H3,(H2,28,33);1-5H,7H2. The van der Waals surface area contributed by atoms with Crippen molar-refractivity contribution in [2.75, 3.05) is 11.5 Å². The lowest BCUT2D eigenvalue weighted by atomic mass is 9.99. The second-order valence-electron chi connectivity index (χ2n) is 10.1. The van der Waals surface area contributed by atoms with Gasteiger partial charge in [0.25, 0.3) is 0 Å². The molecule has 8 heteroatoms. The Morgan fingerprint density at radius 1 is 0.850 bits per heavy atom. The first-order valence-corrected chi connectivity index (χ1v) is 13.4. The van der Waals surface area contributed by atoms with Crippen LogP contribution in [0.5, 0.6) is 0 Å². The van der Waals surface area contributed by atoms with E-state index >= 15 is 0 Å². The van der Waals surface area contributed by atoms with E-state index in [0.29, 0.717) is 18.7 Å². The van der Waals surface area contributed by atoms with E-state index in [2.05, 4.69) is 18.4 Å². The summed E-state index contributed by atoms with van der Waals surface area (Å²) in [5, 5.41) is 20.5. The molecular formula is C32H39FN4O3. The number of benzene rings is 3. The third-order valence-electron chi connectivity index (χ3n) is 6.54. The maximum Gasteiger partial charge on any atom is 0.220 e. The predicted molar refractivity (Wildman–Crippen MR) is 160 cm³/mol. The van der Waals surface area contributed by atoms with Gasteiger partial charge in [0.05, 0.1) is 30.0 Å². The summed E-state index contributed by atoms with van der Waals surface area (Å²) in [6.45, 7) is 4.54. The first-order valence-electron chi connectivity index (χ1n) is 13.4. The molecule has 0 saturated carbocycles. The molecule has 1 amide bonds. The molecule has 1 heterocycles. The largest absolute Gasteiger partial charge is 0.399 e. The van der Waals surface area contributed by atoms with Gasteiger partial charge in [-0.3, -0.25) is 4.79 Å². The van der Waals surface area contributed by atoms with Crippen molar-refractivity contribution in [1.82, 2.24) is 4.57 Å². The fourth-order valence-electron chi connectivity index (χ4n) is 4.79. The fourth-order valence-corrected chi connectivity index (χ4v) is 4.79. The molecule has 212 valence electrons. The molecule has 0 saturated heterocycles. The van der Waals surface area contributed by atoms with Crippen molar-refractivity contribution >= 4 is 17.3 Å². The Balaban J connectivity index is 0.000000547. The Hall–Kier alpha value is -4.14. The number of nitrogens with zero attached hydrogens (tertiary/aromatic N) is 1. The topological polar surface area (TPSA) is 141 Å². The highest BCUT2D eigenvalue weighted by Gasteiger charge is 2.25. The lowest BCUT2D eigenvalue weighted by Gasteiger charge is -2.20. The number of amides is 1. The second kappa shape index (κ2) is 14.3. The summed E-state index contributed by atoms with van der Waals surface area (Å²) in [5.41, 5.74) is 23.1. The number of nitrogens with two attached hydrogens (primary N) is 3. The number of para-hydroxylation sites is 1. The average Bonchev–Trinajstić information content (AvgIpc) is 3.20. The van der Waals surface area contributed by atoms with Crippen LogP contribution in [0, 0.1) is 5.82 Å². The van der Waals surface area contributed by atoms with Crippen molar-refractivity contribution < 1.29 is 19.4 Å². The number of carbonyl (C=O) groups excluding carboxylic acids is 1. The average molecular weight is 547 g/mol. The Kier molecular flexibility index (Phi) is 10.9. The van der Waals surface area contributed by atoms with Crippen LogP contribution in [0.3, 0.4) is 0 Å². The summed E-state index contributed by atoms with van der Waals surface area (Å²) in [6, 6.07) is 25.6. The van der Waals surface area contributed by atoms with Crippen molar-refractivity contribution in [3.8, 4) is 22.4 Å². The number of aliphatic hydroxyl groups excluding tert-OH is 2. The van der Waals surface area contributed by atoms with E-state index in [1.54, 1.807) is 12.1 Å². The summed E-state index contributed by atoms with van der Waals surface area (Å²) < 4.78 is 15.8. The maximum atomic E-state index is 13.7. The van der Waals surface area contributed by atoms with E-state index in [0.717, 1.165) is 33.8 Å². The molecule has 2 atom stereocenters. The third kappa shape index (κ3) is 8.18. The number of aromatic nitrogens is 1. The van der Waals surface area contributed by atoms with Crippen LogP contribution in [-0.4, -0.2) is 32.9 Å². The third-order valence-corrected chi connectivity index (χ3v) is 6.54. The summed E-state index contributed by atoms with van der Waals surface area (Å²) in [7, 11) is 0. The van der Waals surface area contributed by atoms with E-state index < -0.39 is 18.1 Å². The monoisotopic (exact) mass is 546 g/mol. The van der Waals surface area contributed by atoms with Crippen LogP contribution in [0.2, 0.25) is 0 Å². The molecule has 40 heavy (non-hydrogen) atoms. The lowest BCUT2D eigenvalue weighted by molar-refractivity contribution is -0.120. The van der Waals surface area contributed by atoms with Crippen molar-refractivity contribution in [3.63, 3.8) is 0 Å². The molecular weight excluding hydrogens is 507 g/mol. The van der Waals surface area contributed by atoms with Gasteiger partial charge < -0.3 is 32.0 Å². The molecule has 8 N–H and O–H groups in total. The number of primary amides is 1. The fraction of sp³-hybridized carbons (Fsp3) is 0.281. The zero-order valence-corrected chi connectivity index (χ0v) is 23.0. The minimum absolute atomic E-state index is 0.0497. The molecule has 2 unspecified atom stereocenters. The summed E-state index contributed by atoms with van der Waals surface area (Å²) in [5.74, 6) is -0.839. The number of hydrogen-bond acceptors (Lipinski definition) is 5. The van der Waals surface area contributed by atoms with E-state index in [9.17, 15) is 19.4 Å². The molecule has 4 aromatic rings. The van der Waals surface area contributed by atoms with Gasteiger partial charge in [0.15, 0.2) is 0 Å². The van der Waals surface area contributed by atoms with E-state index in [4.69, 9.17) is 17.2 Å². The summed E-state index contributed by atoms with van der Waals surface area (Å²) in [4.78, 5) is 11.0. The van der Waals surface area contributed by atoms with Gasteiger partial charge in [-0.05, 0) is 66.3 Å². The van der Waals surface area contributed by atoms with Crippen molar-refractivity contribution in [1.29, 1.82) is 0 Å². The number of rotatable bonds is 10. The Labute approximate surface area is 235 Å². The van der Waals surface area contributed by atoms with Gasteiger partial charge in [0, 0.05) is 23.5 Å². The van der Waals surface area contributed by atoms with E-state index in [1.165, 1.54) is 12.1 Å². The molecule has 0 aliphatic heterocycles. The van der Waals surface area contributed by atoms with Crippen LogP contribution in [0.4, 0.5) is 15.8 Å². The first kappa shape index (κ1) is 30.4. The molecule has 0 spiro atoms. The maximum absolute atomic E-state index is 13.7. The molecule has 7 nitrogen and oxygen atoms in total. The van der Waals surface area contributed by atoms with Crippen LogP contribution >= 0.6 is 0 Å². The molecule has 0 radical (unpaired) electrons. The van der Waals surface area contributed by atoms with Gasteiger partial charge in [-0.2, -0.15) is 0 Å². The second-order valence-corrected chi connectivity index (χ2v) is 10.1.